The molecule has 0 aromatic rings. The smallest absolute Gasteiger partial charge is 0 e. The molecule has 0 aliphatic rings. The van der Waals surface area contributed by atoms with E-state index in [2.05, 4.69) is 0 Å². The Kier molecular flexibility index (Phi) is 258000. The molecule has 5 heteroatoms. The highest BCUT2D eigenvalue weighted by Gasteiger charge is 0.00000979. The van der Waals surface area contributed by atoms with E-state index >= 15 is 0 Å². The molecule has 0 fully saturated rings. The molecule has 0 saturated heterocycles. The van der Waals surface area contributed by atoms with E-state index in [0.717, 1.165) is 0 Å². The number of rotatable bonds is 0. The zero-order valence-electron chi connectivity index (χ0n) is 2.45. The van der Waals surface area contributed by atoms with Crippen LogP contribution in [0.1, 0.15) is 0 Å². The van der Waals surface area contributed by atoms with Crippen LogP contribution in [0.15, 0.2) is 0 Å². The third kappa shape index (κ3) is 308. The van der Waals surface area contributed by atoms with E-state index in [0.29, 0.717) is 0 Å². The van der Waals surface area contributed by atoms with Gasteiger partial charge in [-0.2, -0.15) is 0 Å². The molecule has 0 aromatic heterocycles. The number of hydrogen-bond acceptors (Lipinski definition) is 0. The average Bonchev–Trinajstić information content (AvgIpc) is 0. The first-order chi connectivity index (χ1) is 0. The molecule has 0 amide bonds. The van der Waals surface area contributed by atoms with Crippen molar-refractivity contribution >= 4 is 0 Å². The van der Waals surface area contributed by atoms with Gasteiger partial charge < -0.3 is 21.9 Å². The van der Waals surface area contributed by atoms with Gasteiger partial charge in [0.1, 0.15) is 0 Å². The Morgan fingerprint density at radius 1 is 0.400 bits per heavy atom. The molecule has 0 rings (SSSR count). The standard InChI is InChI=1S/N.4H2O/h;4*1H2. The van der Waals surface area contributed by atoms with Crippen molar-refractivity contribution in [2.24, 2.45) is 0 Å². The van der Waals surface area contributed by atoms with Gasteiger partial charge in [0.25, 0.3) is 0 Å². The quantitative estimate of drug-likeness (QED) is 0.283. The molecule has 0 spiro atoms. The summed E-state index contributed by atoms with van der Waals surface area (Å²) >= 11 is 0. The van der Waals surface area contributed by atoms with E-state index < -0.39 is 0 Å². The van der Waals surface area contributed by atoms with Gasteiger partial charge in [-0.15, -0.1) is 0 Å². The molecule has 0 aliphatic carbocycles. The van der Waals surface area contributed by atoms with Crippen LogP contribution in [-0.2, 0) is 0 Å². The first-order valence-electron chi connectivity index (χ1n) is 0. The van der Waals surface area contributed by atoms with Gasteiger partial charge in [0.05, 0.1) is 0 Å². The van der Waals surface area contributed by atoms with Crippen LogP contribution in [0.5, 0.6) is 0 Å². The van der Waals surface area contributed by atoms with Crippen molar-refractivity contribution in [3.63, 3.8) is 0 Å². The van der Waals surface area contributed by atoms with Crippen LogP contribution in [0.25, 0.3) is 0 Å². The monoisotopic (exact) mass is 86.0 g/mol. The van der Waals surface area contributed by atoms with E-state index in [-0.39, 0.29) is 28.1 Å². The molecule has 0 heterocycles. The van der Waals surface area contributed by atoms with Gasteiger partial charge in [0.15, 0.2) is 0 Å². The van der Waals surface area contributed by atoms with Crippen molar-refractivity contribution in [2.45, 2.75) is 0 Å². The highest BCUT2D eigenvalue weighted by atomic mass is 16.0. The van der Waals surface area contributed by atoms with E-state index in [9.17, 15) is 0 Å². The summed E-state index contributed by atoms with van der Waals surface area (Å²) in [5.74, 6) is 0. The maximum absolute atomic E-state index is 0. The highest BCUT2D eigenvalue weighted by Crippen LogP contribution is -0.286. The lowest BCUT2D eigenvalue weighted by Crippen LogP contribution is -0.481. The van der Waals surface area contributed by atoms with Crippen molar-refractivity contribution < 1.29 is 21.9 Å². The second kappa shape index (κ2) is 745. The van der Waals surface area contributed by atoms with Crippen LogP contribution >= 0.6 is 0 Å². The third-order valence-electron chi connectivity index (χ3n) is 0. The summed E-state index contributed by atoms with van der Waals surface area (Å²) in [5, 5.41) is 0. The molecule has 0 unspecified atom stereocenters. The molecular weight excluding hydrogens is 78.0 g/mol. The molecule has 5 heavy (non-hydrogen) atoms. The predicted octanol–water partition coefficient (Wildman–Crippen LogP) is -3.78. The Bertz CT molecular complexity index is 3.61. The normalized spacial score (nSPS) is 0. The Morgan fingerprint density at radius 2 is 0.400 bits per heavy atom. The van der Waals surface area contributed by atoms with Crippen molar-refractivity contribution in [1.82, 2.24) is 6.15 Å². The highest BCUT2D eigenvalue weighted by molar-refractivity contribution is 2.13. The Hall–Kier alpha value is -0.200. The third-order valence-corrected chi connectivity index (χ3v) is 0. The summed E-state index contributed by atoms with van der Waals surface area (Å²) in [6, 6.07) is 0. The number of nitrogens with zero attached hydrogens (tertiary/aromatic N) is 1. The van der Waals surface area contributed by atoms with Crippen LogP contribution < -0.4 is 6.15 Å². The summed E-state index contributed by atoms with van der Waals surface area (Å²) in [5.41, 5.74) is 0. The van der Waals surface area contributed by atoms with Gasteiger partial charge in [0.2, 0.25) is 0 Å². The lowest BCUT2D eigenvalue weighted by atomic mass is 14.0. The van der Waals surface area contributed by atoms with E-state index in [4.69, 9.17) is 0 Å². The maximum atomic E-state index is 0. The first-order valence-corrected chi connectivity index (χ1v) is 0. The summed E-state index contributed by atoms with van der Waals surface area (Å²) < 4.78 is 0. The fraction of sp³-hybridized carbons (Fsp3) is 0. The molecule has 0 bridgehead atoms. The summed E-state index contributed by atoms with van der Waals surface area (Å²) in [6.07, 6.45) is 0. The Morgan fingerprint density at radius 3 is 0.400 bits per heavy atom. The van der Waals surface area contributed by atoms with Crippen LogP contribution in [0.3, 0.4) is 0 Å². The van der Waals surface area contributed by atoms with E-state index in [1.165, 1.54) is 0 Å². The zero-order valence-corrected chi connectivity index (χ0v) is 2.45. The van der Waals surface area contributed by atoms with Crippen LogP contribution in [-0.4, -0.2) is 21.9 Å². The van der Waals surface area contributed by atoms with Crippen LogP contribution in [0.4, 0.5) is 0 Å². The molecule has 0 aromatic carbocycles. The molecule has 8 N–H and O–H groups in total. The largest absolute Gasteiger partial charge is 0.412 e. The van der Waals surface area contributed by atoms with Crippen molar-refractivity contribution in [3.8, 4) is 0 Å². The minimum absolute atomic E-state index is 0. The lowest BCUT2D eigenvalue weighted by molar-refractivity contribution is 0.823. The molecule has 0 aliphatic heterocycles. The number of hydrogen-bond donors (Lipinski definition) is 0. The average molecular weight is 86.1 g/mol. The molecule has 3 radical (unpaired) electrons. The van der Waals surface area contributed by atoms with Gasteiger partial charge in [-0.25, -0.2) is 0 Å². The van der Waals surface area contributed by atoms with Gasteiger partial charge in [-0.1, -0.05) is 0 Å². The minimum Gasteiger partial charge on any atom is -0.412 e. The fourth-order valence-corrected chi connectivity index (χ4v) is 0. The Balaban J connectivity index is 0. The topological polar surface area (TPSA) is 156 Å². The minimum atomic E-state index is 0. The first kappa shape index (κ1) is 1730. The SMILES string of the molecule is O.O.O.O.[N]. The molecular formula is H8NO4. The second-order valence-electron chi connectivity index (χ2n) is 0. The summed E-state index contributed by atoms with van der Waals surface area (Å²) in [7, 11) is 0. The van der Waals surface area contributed by atoms with E-state index in [1.54, 1.807) is 0 Å². The Labute approximate surface area is 29.4 Å². The van der Waals surface area contributed by atoms with Crippen molar-refractivity contribution in [1.29, 1.82) is 0 Å². The van der Waals surface area contributed by atoms with Gasteiger partial charge in [-0.05, 0) is 0 Å². The zero-order chi connectivity index (χ0) is 0. The lowest BCUT2D eigenvalue weighted by Gasteiger charge is -0.413. The van der Waals surface area contributed by atoms with Gasteiger partial charge >= 0.3 is 0 Å². The van der Waals surface area contributed by atoms with E-state index in [1.807, 2.05) is 0 Å². The summed E-state index contributed by atoms with van der Waals surface area (Å²) in [6.45, 7) is 0. The van der Waals surface area contributed by atoms with Crippen molar-refractivity contribution in [3.05, 3.63) is 0 Å². The second-order valence-corrected chi connectivity index (χ2v) is 0. The van der Waals surface area contributed by atoms with Crippen LogP contribution in [0.2, 0.25) is 0 Å². The predicted molar refractivity (Wildman–Crippen MR) is 16.6 cm³/mol. The molecule has 0 atom stereocenters. The molecule has 5 nitrogen and oxygen atoms in total. The van der Waals surface area contributed by atoms with Crippen molar-refractivity contribution in [2.75, 3.05) is 0 Å². The van der Waals surface area contributed by atoms with Gasteiger partial charge in [-0.3, -0.25) is 0 Å². The van der Waals surface area contributed by atoms with Gasteiger partial charge in [0, 0.05) is 6.15 Å². The fourth-order valence-electron chi connectivity index (χ4n) is 0. The summed E-state index contributed by atoms with van der Waals surface area (Å²) in [4.78, 5) is 0. The van der Waals surface area contributed by atoms with Crippen LogP contribution in [0, 0.1) is 0 Å². The molecule has 0 saturated carbocycles. The molecule has 37 valence electrons. The maximum Gasteiger partial charge on any atom is 0 e.